The molecule has 0 spiro atoms. The Morgan fingerprint density at radius 3 is 2.33 bits per heavy atom. The van der Waals surface area contributed by atoms with Gasteiger partial charge >= 0.3 is 0 Å². The maximum Gasteiger partial charge on any atom is 0.160 e. The summed E-state index contributed by atoms with van der Waals surface area (Å²) >= 11 is 0. The van der Waals surface area contributed by atoms with Gasteiger partial charge in [-0.2, -0.15) is 0 Å². The van der Waals surface area contributed by atoms with Gasteiger partial charge in [-0.1, -0.05) is 26.8 Å². The summed E-state index contributed by atoms with van der Waals surface area (Å²) < 4.78 is 5.13. The standard InChI is InChI=1S/C13H18O2/c1-12(2)8-13(12,3)9-5-6-10(14)11(7-9)15-4/h5-7,14H,8H2,1-4H3. The van der Waals surface area contributed by atoms with Crippen molar-refractivity contribution in [2.75, 3.05) is 7.11 Å². The summed E-state index contributed by atoms with van der Waals surface area (Å²) in [6.07, 6.45) is 1.19. The highest BCUT2D eigenvalue weighted by Crippen LogP contribution is 2.64. The fourth-order valence-electron chi connectivity index (χ4n) is 2.35. The number of rotatable bonds is 2. The highest BCUT2D eigenvalue weighted by molar-refractivity contribution is 5.47. The van der Waals surface area contributed by atoms with Crippen LogP contribution < -0.4 is 4.74 Å². The molecular formula is C13H18O2. The minimum absolute atomic E-state index is 0.211. The van der Waals surface area contributed by atoms with Crippen molar-refractivity contribution >= 4 is 0 Å². The molecule has 1 N–H and O–H groups in total. The molecule has 2 heteroatoms. The number of aromatic hydroxyl groups is 1. The molecule has 2 nitrogen and oxygen atoms in total. The zero-order valence-corrected chi connectivity index (χ0v) is 9.79. The molecule has 1 aromatic rings. The molecule has 1 fully saturated rings. The molecule has 15 heavy (non-hydrogen) atoms. The summed E-state index contributed by atoms with van der Waals surface area (Å²) in [6.45, 7) is 6.80. The Morgan fingerprint density at radius 1 is 1.27 bits per heavy atom. The Bertz CT molecular complexity index is 396. The molecule has 0 aliphatic heterocycles. The first-order valence-electron chi connectivity index (χ1n) is 5.28. The van der Waals surface area contributed by atoms with Gasteiger partial charge in [-0.05, 0) is 34.9 Å². The molecule has 0 aromatic heterocycles. The lowest BCUT2D eigenvalue weighted by Gasteiger charge is -2.16. The second-order valence-corrected chi connectivity index (χ2v) is 5.28. The first-order valence-corrected chi connectivity index (χ1v) is 5.28. The summed E-state index contributed by atoms with van der Waals surface area (Å²) in [7, 11) is 1.58. The molecule has 2 rings (SSSR count). The van der Waals surface area contributed by atoms with Crippen LogP contribution in [-0.2, 0) is 5.41 Å². The van der Waals surface area contributed by atoms with Crippen molar-refractivity contribution in [2.24, 2.45) is 5.41 Å². The van der Waals surface area contributed by atoms with Gasteiger partial charge in [0, 0.05) is 0 Å². The number of phenolic OH excluding ortho intramolecular Hbond substituents is 1. The van der Waals surface area contributed by atoms with E-state index < -0.39 is 0 Å². The third-order valence-electron chi connectivity index (χ3n) is 3.98. The molecule has 0 radical (unpaired) electrons. The van der Waals surface area contributed by atoms with Gasteiger partial charge in [0.1, 0.15) is 0 Å². The van der Waals surface area contributed by atoms with Gasteiger partial charge in [0.2, 0.25) is 0 Å². The van der Waals surface area contributed by atoms with Crippen LogP contribution in [0.2, 0.25) is 0 Å². The molecule has 1 aliphatic carbocycles. The fraction of sp³-hybridized carbons (Fsp3) is 0.538. The van der Waals surface area contributed by atoms with Crippen molar-refractivity contribution < 1.29 is 9.84 Å². The molecule has 0 bridgehead atoms. The molecule has 1 aliphatic rings. The summed E-state index contributed by atoms with van der Waals surface area (Å²) in [5, 5.41) is 9.53. The van der Waals surface area contributed by atoms with Crippen molar-refractivity contribution in [3.63, 3.8) is 0 Å². The van der Waals surface area contributed by atoms with Crippen LogP contribution in [0, 0.1) is 5.41 Å². The third kappa shape index (κ3) is 1.39. The summed E-state index contributed by atoms with van der Waals surface area (Å²) in [4.78, 5) is 0. The van der Waals surface area contributed by atoms with Crippen LogP contribution >= 0.6 is 0 Å². The lowest BCUT2D eigenvalue weighted by atomic mass is 9.90. The minimum Gasteiger partial charge on any atom is -0.504 e. The number of methoxy groups -OCH3 is 1. The smallest absolute Gasteiger partial charge is 0.160 e. The molecule has 0 saturated heterocycles. The van der Waals surface area contributed by atoms with E-state index in [1.807, 2.05) is 12.1 Å². The van der Waals surface area contributed by atoms with E-state index in [1.54, 1.807) is 13.2 Å². The largest absolute Gasteiger partial charge is 0.504 e. The Balaban J connectivity index is 2.40. The Labute approximate surface area is 90.9 Å². The van der Waals surface area contributed by atoms with E-state index in [0.717, 1.165) is 0 Å². The molecule has 1 atom stereocenters. The van der Waals surface area contributed by atoms with E-state index in [2.05, 4.69) is 20.8 Å². The second-order valence-electron chi connectivity index (χ2n) is 5.28. The van der Waals surface area contributed by atoms with Crippen LogP contribution in [0.5, 0.6) is 11.5 Å². The monoisotopic (exact) mass is 206 g/mol. The minimum atomic E-state index is 0.211. The summed E-state index contributed by atoms with van der Waals surface area (Å²) in [5.74, 6) is 0.778. The quantitative estimate of drug-likeness (QED) is 0.805. The van der Waals surface area contributed by atoms with E-state index in [4.69, 9.17) is 4.74 Å². The van der Waals surface area contributed by atoms with E-state index in [-0.39, 0.29) is 11.2 Å². The number of benzene rings is 1. The van der Waals surface area contributed by atoms with Gasteiger partial charge in [0.25, 0.3) is 0 Å². The van der Waals surface area contributed by atoms with Gasteiger partial charge in [0.15, 0.2) is 11.5 Å². The van der Waals surface area contributed by atoms with Crippen molar-refractivity contribution in [1.29, 1.82) is 0 Å². The highest BCUT2D eigenvalue weighted by atomic mass is 16.5. The zero-order chi connectivity index (χ0) is 11.3. The molecule has 82 valence electrons. The SMILES string of the molecule is COc1cc(C2(C)CC2(C)C)ccc1O. The topological polar surface area (TPSA) is 29.5 Å². The Hall–Kier alpha value is -1.18. The summed E-state index contributed by atoms with van der Waals surface area (Å²) in [5.41, 5.74) is 1.84. The van der Waals surface area contributed by atoms with Crippen LogP contribution in [-0.4, -0.2) is 12.2 Å². The first kappa shape index (κ1) is 10.3. The van der Waals surface area contributed by atoms with Crippen molar-refractivity contribution in [2.45, 2.75) is 32.6 Å². The molecule has 0 amide bonds. The fourth-order valence-corrected chi connectivity index (χ4v) is 2.35. The predicted molar refractivity (Wildman–Crippen MR) is 60.4 cm³/mol. The van der Waals surface area contributed by atoms with E-state index in [1.165, 1.54) is 12.0 Å². The number of ether oxygens (including phenoxy) is 1. The van der Waals surface area contributed by atoms with Crippen LogP contribution in [0.1, 0.15) is 32.8 Å². The average molecular weight is 206 g/mol. The van der Waals surface area contributed by atoms with Gasteiger partial charge in [0.05, 0.1) is 7.11 Å². The number of hydrogen-bond acceptors (Lipinski definition) is 2. The Kier molecular flexibility index (Phi) is 2.00. The zero-order valence-electron chi connectivity index (χ0n) is 9.79. The third-order valence-corrected chi connectivity index (χ3v) is 3.98. The second kappa shape index (κ2) is 2.91. The van der Waals surface area contributed by atoms with Crippen LogP contribution in [0.25, 0.3) is 0 Å². The van der Waals surface area contributed by atoms with Gasteiger partial charge in [-0.3, -0.25) is 0 Å². The molecule has 0 heterocycles. The van der Waals surface area contributed by atoms with Gasteiger partial charge < -0.3 is 9.84 Å². The summed E-state index contributed by atoms with van der Waals surface area (Å²) in [6, 6.07) is 5.66. The van der Waals surface area contributed by atoms with Crippen molar-refractivity contribution in [1.82, 2.24) is 0 Å². The van der Waals surface area contributed by atoms with E-state index in [0.29, 0.717) is 11.2 Å². The van der Waals surface area contributed by atoms with Crippen molar-refractivity contribution in [3.8, 4) is 11.5 Å². The normalized spacial score (nSPS) is 27.5. The van der Waals surface area contributed by atoms with Crippen molar-refractivity contribution in [3.05, 3.63) is 23.8 Å². The van der Waals surface area contributed by atoms with Crippen LogP contribution in [0.4, 0.5) is 0 Å². The Morgan fingerprint density at radius 2 is 1.87 bits per heavy atom. The van der Waals surface area contributed by atoms with Gasteiger partial charge in [-0.25, -0.2) is 0 Å². The number of hydrogen-bond donors (Lipinski definition) is 1. The maximum atomic E-state index is 9.53. The number of phenols is 1. The van der Waals surface area contributed by atoms with E-state index >= 15 is 0 Å². The predicted octanol–water partition coefficient (Wildman–Crippen LogP) is 3.09. The van der Waals surface area contributed by atoms with E-state index in [9.17, 15) is 5.11 Å². The molecule has 1 saturated carbocycles. The maximum absolute atomic E-state index is 9.53. The molecule has 1 aromatic carbocycles. The average Bonchev–Trinajstić information content (AvgIpc) is 2.68. The molecule has 1 unspecified atom stereocenters. The van der Waals surface area contributed by atoms with Crippen LogP contribution in [0.15, 0.2) is 18.2 Å². The van der Waals surface area contributed by atoms with Gasteiger partial charge in [-0.15, -0.1) is 0 Å². The lowest BCUT2D eigenvalue weighted by molar-refractivity contribution is 0.372. The lowest BCUT2D eigenvalue weighted by Crippen LogP contribution is -2.09. The first-order chi connectivity index (χ1) is 6.90. The highest BCUT2D eigenvalue weighted by Gasteiger charge is 2.58. The van der Waals surface area contributed by atoms with Crippen LogP contribution in [0.3, 0.4) is 0 Å². The molecular weight excluding hydrogens is 188 g/mol.